The summed E-state index contributed by atoms with van der Waals surface area (Å²) in [5, 5.41) is 0. The van der Waals surface area contributed by atoms with Gasteiger partial charge in [0.15, 0.2) is 0 Å². The number of rotatable bonds is 6. The largest absolute Gasteiger partial charge is 0.497 e. The van der Waals surface area contributed by atoms with Crippen LogP contribution in [0, 0.1) is 5.92 Å². The van der Waals surface area contributed by atoms with Crippen molar-refractivity contribution in [3.8, 4) is 11.6 Å². The second kappa shape index (κ2) is 8.13. The number of pyridine rings is 1. The lowest BCUT2D eigenvalue weighted by atomic mass is 9.92. The van der Waals surface area contributed by atoms with Crippen molar-refractivity contribution in [1.82, 2.24) is 4.98 Å². The minimum Gasteiger partial charge on any atom is -0.497 e. The second-order valence-corrected chi connectivity index (χ2v) is 7.33. The summed E-state index contributed by atoms with van der Waals surface area (Å²) in [5.74, 6) is 2.75. The van der Waals surface area contributed by atoms with Gasteiger partial charge in [0.2, 0.25) is 5.88 Å². The Morgan fingerprint density at radius 3 is 2.33 bits per heavy atom. The van der Waals surface area contributed by atoms with Crippen molar-refractivity contribution in [1.29, 1.82) is 0 Å². The van der Waals surface area contributed by atoms with Gasteiger partial charge < -0.3 is 14.2 Å². The predicted molar refractivity (Wildman–Crippen MR) is 106 cm³/mol. The molecule has 1 aromatic carbocycles. The lowest BCUT2D eigenvalue weighted by Gasteiger charge is -2.21. The SMILES string of the molecule is COc1ccc(/C(=C\C2CCOCC2)c2ccc(C3CC3)c(OC)n2)cc1. The van der Waals surface area contributed by atoms with Gasteiger partial charge in [0.05, 0.1) is 19.9 Å². The fraction of sp³-hybridized carbons (Fsp3) is 0.435. The van der Waals surface area contributed by atoms with E-state index in [0.717, 1.165) is 54.5 Å². The number of hydrogen-bond acceptors (Lipinski definition) is 4. The van der Waals surface area contributed by atoms with Crippen LogP contribution in [0.2, 0.25) is 0 Å². The molecule has 1 saturated carbocycles. The van der Waals surface area contributed by atoms with Crippen LogP contribution in [-0.2, 0) is 4.74 Å². The summed E-state index contributed by atoms with van der Waals surface area (Å²) in [6, 6.07) is 12.6. The third-order valence-electron chi connectivity index (χ3n) is 5.45. The van der Waals surface area contributed by atoms with Gasteiger partial charge in [-0.05, 0) is 61.3 Å². The molecule has 4 rings (SSSR count). The van der Waals surface area contributed by atoms with Gasteiger partial charge in [-0.1, -0.05) is 24.3 Å². The molecule has 2 fully saturated rings. The Hall–Kier alpha value is -2.33. The normalized spacial score (nSPS) is 18.4. The highest BCUT2D eigenvalue weighted by atomic mass is 16.5. The van der Waals surface area contributed by atoms with Gasteiger partial charge in [-0.3, -0.25) is 0 Å². The van der Waals surface area contributed by atoms with E-state index >= 15 is 0 Å². The third kappa shape index (κ3) is 4.16. The van der Waals surface area contributed by atoms with Crippen molar-refractivity contribution in [2.24, 2.45) is 5.92 Å². The molecule has 1 aromatic heterocycles. The molecular formula is C23H27NO3. The number of hydrogen-bond donors (Lipinski definition) is 0. The Bertz CT molecular complexity index is 803. The van der Waals surface area contributed by atoms with Gasteiger partial charge in [0.25, 0.3) is 0 Å². The van der Waals surface area contributed by atoms with Crippen LogP contribution in [0.1, 0.15) is 48.4 Å². The lowest BCUT2D eigenvalue weighted by Crippen LogP contribution is -2.14. The van der Waals surface area contributed by atoms with E-state index in [1.54, 1.807) is 14.2 Å². The summed E-state index contributed by atoms with van der Waals surface area (Å²) < 4.78 is 16.5. The maximum atomic E-state index is 5.62. The molecule has 1 aliphatic carbocycles. The summed E-state index contributed by atoms with van der Waals surface area (Å²) in [4.78, 5) is 4.88. The van der Waals surface area contributed by atoms with Crippen molar-refractivity contribution in [2.45, 2.75) is 31.6 Å². The quantitative estimate of drug-likeness (QED) is 0.735. The van der Waals surface area contributed by atoms with E-state index in [-0.39, 0.29) is 0 Å². The standard InChI is InChI=1S/C23H27NO3/c1-25-19-7-5-18(6-8-19)21(15-16-11-13-27-14-12-16)22-10-9-20(17-3-4-17)23(24-22)26-2/h5-10,15-17H,3-4,11-14H2,1-2H3/b21-15+. The number of ether oxygens (including phenoxy) is 3. The van der Waals surface area contributed by atoms with Crippen molar-refractivity contribution >= 4 is 5.57 Å². The minimum absolute atomic E-state index is 0.506. The maximum absolute atomic E-state index is 5.62. The minimum atomic E-state index is 0.506. The van der Waals surface area contributed by atoms with Gasteiger partial charge in [-0.2, -0.15) is 0 Å². The molecule has 142 valence electrons. The van der Waals surface area contributed by atoms with Gasteiger partial charge in [-0.25, -0.2) is 4.98 Å². The molecule has 0 amide bonds. The molecule has 27 heavy (non-hydrogen) atoms. The topological polar surface area (TPSA) is 40.6 Å². The Kier molecular flexibility index (Phi) is 5.44. The predicted octanol–water partition coefficient (Wildman–Crippen LogP) is 4.83. The first-order valence-electron chi connectivity index (χ1n) is 9.78. The average molecular weight is 365 g/mol. The third-order valence-corrected chi connectivity index (χ3v) is 5.45. The van der Waals surface area contributed by atoms with E-state index in [9.17, 15) is 0 Å². The zero-order valence-electron chi connectivity index (χ0n) is 16.1. The zero-order valence-corrected chi connectivity index (χ0v) is 16.1. The van der Waals surface area contributed by atoms with Gasteiger partial charge in [-0.15, -0.1) is 0 Å². The number of benzene rings is 1. The smallest absolute Gasteiger partial charge is 0.217 e. The fourth-order valence-electron chi connectivity index (χ4n) is 3.69. The van der Waals surface area contributed by atoms with Gasteiger partial charge in [0, 0.05) is 24.4 Å². The molecule has 0 bridgehead atoms. The van der Waals surface area contributed by atoms with Crippen LogP contribution in [0.4, 0.5) is 0 Å². The van der Waals surface area contributed by atoms with Crippen molar-refractivity contribution in [3.05, 3.63) is 59.3 Å². The summed E-state index contributed by atoms with van der Waals surface area (Å²) in [7, 11) is 3.41. The molecule has 0 atom stereocenters. The summed E-state index contributed by atoms with van der Waals surface area (Å²) in [6.45, 7) is 1.66. The molecule has 4 heteroatoms. The maximum Gasteiger partial charge on any atom is 0.217 e. The first-order chi connectivity index (χ1) is 13.3. The highest BCUT2D eigenvalue weighted by molar-refractivity contribution is 5.78. The molecule has 2 aromatic rings. The van der Waals surface area contributed by atoms with Crippen molar-refractivity contribution in [3.63, 3.8) is 0 Å². The number of methoxy groups -OCH3 is 2. The fourth-order valence-corrected chi connectivity index (χ4v) is 3.69. The first kappa shape index (κ1) is 18.1. The average Bonchev–Trinajstić information content (AvgIpc) is 3.58. The summed E-state index contributed by atoms with van der Waals surface area (Å²) >= 11 is 0. The Morgan fingerprint density at radius 2 is 1.70 bits per heavy atom. The molecule has 0 radical (unpaired) electrons. The molecule has 2 heterocycles. The van der Waals surface area contributed by atoms with E-state index in [1.807, 2.05) is 12.1 Å². The lowest BCUT2D eigenvalue weighted by molar-refractivity contribution is 0.0786. The molecule has 1 saturated heterocycles. The first-order valence-corrected chi connectivity index (χ1v) is 9.78. The molecule has 0 unspecified atom stereocenters. The van der Waals surface area contributed by atoms with Gasteiger partial charge >= 0.3 is 0 Å². The second-order valence-electron chi connectivity index (χ2n) is 7.33. The number of nitrogens with zero attached hydrogens (tertiary/aromatic N) is 1. The summed E-state index contributed by atoms with van der Waals surface area (Å²) in [6.07, 6.45) is 6.94. The van der Waals surface area contributed by atoms with E-state index in [1.165, 1.54) is 18.4 Å². The van der Waals surface area contributed by atoms with Crippen LogP contribution in [0.25, 0.3) is 5.57 Å². The van der Waals surface area contributed by atoms with E-state index < -0.39 is 0 Å². The molecule has 0 spiro atoms. The molecule has 4 nitrogen and oxygen atoms in total. The van der Waals surface area contributed by atoms with Gasteiger partial charge in [0.1, 0.15) is 5.75 Å². The summed E-state index contributed by atoms with van der Waals surface area (Å²) in [5.41, 5.74) is 4.51. The van der Waals surface area contributed by atoms with Crippen LogP contribution in [0.15, 0.2) is 42.5 Å². The Balaban J connectivity index is 1.73. The van der Waals surface area contributed by atoms with Crippen molar-refractivity contribution in [2.75, 3.05) is 27.4 Å². The molecule has 2 aliphatic rings. The number of allylic oxidation sites excluding steroid dienone is 1. The van der Waals surface area contributed by atoms with Crippen LogP contribution in [0.3, 0.4) is 0 Å². The Morgan fingerprint density at radius 1 is 0.963 bits per heavy atom. The highest BCUT2D eigenvalue weighted by Crippen LogP contribution is 2.44. The molecule has 0 N–H and O–H groups in total. The monoisotopic (exact) mass is 365 g/mol. The van der Waals surface area contributed by atoms with E-state index in [4.69, 9.17) is 19.2 Å². The van der Waals surface area contributed by atoms with E-state index in [0.29, 0.717) is 11.8 Å². The Labute approximate surface area is 161 Å². The molecule has 1 aliphatic heterocycles. The highest BCUT2D eigenvalue weighted by Gasteiger charge is 2.28. The van der Waals surface area contributed by atoms with Crippen LogP contribution in [0.5, 0.6) is 11.6 Å². The van der Waals surface area contributed by atoms with Crippen LogP contribution in [-0.4, -0.2) is 32.4 Å². The molecular weight excluding hydrogens is 338 g/mol. The van der Waals surface area contributed by atoms with Crippen LogP contribution < -0.4 is 9.47 Å². The van der Waals surface area contributed by atoms with E-state index in [2.05, 4.69) is 30.3 Å². The zero-order chi connectivity index (χ0) is 18.6. The van der Waals surface area contributed by atoms with Crippen LogP contribution >= 0.6 is 0 Å². The number of aromatic nitrogens is 1. The van der Waals surface area contributed by atoms with Crippen molar-refractivity contribution < 1.29 is 14.2 Å².